The molecule has 1 N–H and O–H groups in total. The van der Waals surface area contributed by atoms with Gasteiger partial charge in [-0.3, -0.25) is 4.79 Å². The molecule has 4 nitrogen and oxygen atoms in total. The van der Waals surface area contributed by atoms with Gasteiger partial charge in [-0.15, -0.1) is 11.3 Å². The van der Waals surface area contributed by atoms with Crippen molar-refractivity contribution in [3.63, 3.8) is 0 Å². The Morgan fingerprint density at radius 2 is 2.00 bits per heavy atom. The Bertz CT molecular complexity index is 686. The van der Waals surface area contributed by atoms with Crippen LogP contribution in [-0.2, 0) is 6.18 Å². The molecule has 1 fully saturated rings. The van der Waals surface area contributed by atoms with Crippen LogP contribution in [-0.4, -0.2) is 33.5 Å². The molecule has 1 aromatic carbocycles. The molecule has 1 amide bonds. The van der Waals surface area contributed by atoms with Crippen LogP contribution in [0.15, 0.2) is 35.2 Å². The highest BCUT2D eigenvalue weighted by Crippen LogP contribution is 2.35. The SMILES string of the molecule is O=C(c1cscn1)N1CC(O)CC1c1ccc(C(F)(F)F)cc1. The molecule has 23 heavy (non-hydrogen) atoms. The third-order valence-corrected chi connectivity index (χ3v) is 4.40. The number of rotatable bonds is 2. The van der Waals surface area contributed by atoms with E-state index < -0.39 is 23.9 Å². The van der Waals surface area contributed by atoms with Crippen molar-refractivity contribution in [3.05, 3.63) is 52.0 Å². The van der Waals surface area contributed by atoms with Gasteiger partial charge >= 0.3 is 6.18 Å². The van der Waals surface area contributed by atoms with E-state index in [2.05, 4.69) is 4.98 Å². The number of nitrogens with zero attached hydrogens (tertiary/aromatic N) is 2. The summed E-state index contributed by atoms with van der Waals surface area (Å²) in [5.74, 6) is -0.326. The number of hydrogen-bond donors (Lipinski definition) is 1. The smallest absolute Gasteiger partial charge is 0.391 e. The van der Waals surface area contributed by atoms with E-state index in [4.69, 9.17) is 0 Å². The number of carbonyl (C=O) groups is 1. The maximum atomic E-state index is 12.6. The Balaban J connectivity index is 1.86. The van der Waals surface area contributed by atoms with Gasteiger partial charge in [-0.05, 0) is 24.1 Å². The molecule has 2 atom stereocenters. The van der Waals surface area contributed by atoms with Crippen LogP contribution in [0.25, 0.3) is 0 Å². The molecule has 122 valence electrons. The first-order valence-electron chi connectivity index (χ1n) is 6.90. The number of carbonyl (C=O) groups excluding carboxylic acids is 1. The van der Waals surface area contributed by atoms with E-state index in [0.717, 1.165) is 12.1 Å². The van der Waals surface area contributed by atoms with Gasteiger partial charge in [-0.1, -0.05) is 12.1 Å². The van der Waals surface area contributed by atoms with Gasteiger partial charge in [0, 0.05) is 11.9 Å². The third kappa shape index (κ3) is 3.23. The Morgan fingerprint density at radius 1 is 1.30 bits per heavy atom. The molecule has 2 unspecified atom stereocenters. The van der Waals surface area contributed by atoms with Crippen molar-refractivity contribution in [2.24, 2.45) is 0 Å². The normalized spacial score (nSPS) is 21.7. The van der Waals surface area contributed by atoms with Crippen molar-refractivity contribution in [1.29, 1.82) is 0 Å². The lowest BCUT2D eigenvalue weighted by atomic mass is 10.0. The minimum atomic E-state index is -4.40. The second-order valence-corrected chi connectivity index (χ2v) is 6.07. The standard InChI is InChI=1S/C15H13F3N2O2S/c16-15(17,18)10-3-1-9(2-4-10)13-5-11(21)6-20(13)14(22)12-7-23-8-19-12/h1-4,7-8,11,13,21H,5-6H2. The second-order valence-electron chi connectivity index (χ2n) is 5.36. The van der Waals surface area contributed by atoms with Crippen LogP contribution in [0.1, 0.15) is 34.1 Å². The van der Waals surface area contributed by atoms with Gasteiger partial charge < -0.3 is 10.0 Å². The largest absolute Gasteiger partial charge is 0.416 e. The summed E-state index contributed by atoms with van der Waals surface area (Å²) >= 11 is 1.28. The number of aromatic nitrogens is 1. The summed E-state index contributed by atoms with van der Waals surface area (Å²) in [6, 6.07) is 4.23. The summed E-state index contributed by atoms with van der Waals surface area (Å²) in [4.78, 5) is 17.9. The number of aliphatic hydroxyl groups is 1. The highest BCUT2D eigenvalue weighted by molar-refractivity contribution is 7.07. The first-order chi connectivity index (χ1) is 10.9. The molecule has 0 radical (unpaired) electrons. The Labute approximate surface area is 134 Å². The molecule has 0 aliphatic carbocycles. The molecule has 8 heteroatoms. The van der Waals surface area contributed by atoms with Crippen molar-refractivity contribution >= 4 is 17.2 Å². The van der Waals surface area contributed by atoms with Crippen LogP contribution < -0.4 is 0 Å². The number of hydrogen-bond acceptors (Lipinski definition) is 4. The first-order valence-corrected chi connectivity index (χ1v) is 7.85. The van der Waals surface area contributed by atoms with Crippen LogP contribution in [0, 0.1) is 0 Å². The molecular weight excluding hydrogens is 329 g/mol. The lowest BCUT2D eigenvalue weighted by Gasteiger charge is -2.24. The number of thiazole rings is 1. The van der Waals surface area contributed by atoms with Crippen LogP contribution >= 0.6 is 11.3 Å². The first kappa shape index (κ1) is 15.9. The molecule has 1 aromatic heterocycles. The average Bonchev–Trinajstić information content (AvgIpc) is 3.15. The van der Waals surface area contributed by atoms with Crippen molar-refractivity contribution in [2.75, 3.05) is 6.54 Å². The molecule has 3 rings (SSSR count). The molecular formula is C15H13F3N2O2S. The summed E-state index contributed by atoms with van der Waals surface area (Å²) in [5.41, 5.74) is 1.64. The number of aliphatic hydroxyl groups excluding tert-OH is 1. The predicted octanol–water partition coefficient (Wildman–Crippen LogP) is 3.11. The van der Waals surface area contributed by atoms with Gasteiger partial charge in [-0.25, -0.2) is 4.98 Å². The molecule has 0 saturated carbocycles. The Morgan fingerprint density at radius 3 is 2.57 bits per heavy atom. The minimum absolute atomic E-state index is 0.141. The molecule has 0 bridgehead atoms. The van der Waals surface area contributed by atoms with Gasteiger partial charge in [0.15, 0.2) is 0 Å². The number of alkyl halides is 3. The number of amides is 1. The van der Waals surface area contributed by atoms with Gasteiger partial charge in [-0.2, -0.15) is 13.2 Å². The Kier molecular flexibility index (Phi) is 4.11. The molecule has 1 saturated heterocycles. The van der Waals surface area contributed by atoms with Gasteiger partial charge in [0.2, 0.25) is 0 Å². The zero-order valence-corrected chi connectivity index (χ0v) is 12.6. The summed E-state index contributed by atoms with van der Waals surface area (Å²) in [5, 5.41) is 11.5. The lowest BCUT2D eigenvalue weighted by molar-refractivity contribution is -0.137. The molecule has 2 aromatic rings. The van der Waals surface area contributed by atoms with Crippen LogP contribution in [0.4, 0.5) is 13.2 Å². The van der Waals surface area contributed by atoms with Crippen molar-refractivity contribution in [1.82, 2.24) is 9.88 Å². The van der Waals surface area contributed by atoms with E-state index in [-0.39, 0.29) is 18.1 Å². The second kappa shape index (κ2) is 5.93. The average molecular weight is 342 g/mol. The van der Waals surface area contributed by atoms with Gasteiger partial charge in [0.05, 0.1) is 23.2 Å². The summed E-state index contributed by atoms with van der Waals surface area (Å²) in [6.07, 6.45) is -4.81. The zero-order chi connectivity index (χ0) is 16.6. The third-order valence-electron chi connectivity index (χ3n) is 3.81. The monoisotopic (exact) mass is 342 g/mol. The number of β-amino-alcohol motifs (C(OH)–C–C–N with tert-alkyl or cyclic N) is 1. The fourth-order valence-corrected chi connectivity index (χ4v) is 3.24. The van der Waals surface area contributed by atoms with Crippen LogP contribution in [0.3, 0.4) is 0 Å². The minimum Gasteiger partial charge on any atom is -0.391 e. The van der Waals surface area contributed by atoms with Crippen molar-refractivity contribution in [2.45, 2.75) is 24.7 Å². The van der Waals surface area contributed by atoms with E-state index >= 15 is 0 Å². The molecule has 1 aliphatic rings. The fraction of sp³-hybridized carbons (Fsp3) is 0.333. The van der Waals surface area contributed by atoms with E-state index in [1.807, 2.05) is 0 Å². The van der Waals surface area contributed by atoms with Crippen molar-refractivity contribution in [3.8, 4) is 0 Å². The molecule has 0 spiro atoms. The summed E-state index contributed by atoms with van der Waals surface area (Å²) in [7, 11) is 0. The van der Waals surface area contributed by atoms with Gasteiger partial charge in [0.25, 0.3) is 5.91 Å². The van der Waals surface area contributed by atoms with E-state index in [9.17, 15) is 23.1 Å². The lowest BCUT2D eigenvalue weighted by Crippen LogP contribution is -2.32. The van der Waals surface area contributed by atoms with Crippen LogP contribution in [0.2, 0.25) is 0 Å². The molecule has 2 heterocycles. The molecule has 1 aliphatic heterocycles. The summed E-state index contributed by atoms with van der Waals surface area (Å²) in [6.45, 7) is 0.141. The number of likely N-dealkylation sites (tertiary alicyclic amines) is 1. The highest BCUT2D eigenvalue weighted by Gasteiger charge is 2.37. The quantitative estimate of drug-likeness (QED) is 0.912. The Hall–Kier alpha value is -1.93. The van der Waals surface area contributed by atoms with E-state index in [1.165, 1.54) is 33.9 Å². The van der Waals surface area contributed by atoms with E-state index in [0.29, 0.717) is 12.0 Å². The topological polar surface area (TPSA) is 53.4 Å². The number of halogens is 3. The maximum Gasteiger partial charge on any atom is 0.416 e. The summed E-state index contributed by atoms with van der Waals surface area (Å²) < 4.78 is 37.9. The zero-order valence-electron chi connectivity index (χ0n) is 11.8. The van der Waals surface area contributed by atoms with Crippen molar-refractivity contribution < 1.29 is 23.1 Å². The fourth-order valence-electron chi connectivity index (χ4n) is 2.71. The van der Waals surface area contributed by atoms with E-state index in [1.54, 1.807) is 5.38 Å². The highest BCUT2D eigenvalue weighted by atomic mass is 32.1. The van der Waals surface area contributed by atoms with Gasteiger partial charge in [0.1, 0.15) is 5.69 Å². The predicted molar refractivity (Wildman–Crippen MR) is 78.0 cm³/mol. The number of benzene rings is 1. The van der Waals surface area contributed by atoms with Crippen LogP contribution in [0.5, 0.6) is 0 Å². The maximum absolute atomic E-state index is 12.6.